The Bertz CT molecular complexity index is 445. The topological polar surface area (TPSA) is 64.2 Å². The summed E-state index contributed by atoms with van der Waals surface area (Å²) >= 11 is 0. The lowest BCUT2D eigenvalue weighted by Gasteiger charge is -2.25. The first-order valence-electron chi connectivity index (χ1n) is 7.17. The normalized spacial score (nSPS) is 17.1. The zero-order chi connectivity index (χ0) is 13.8. The van der Waals surface area contributed by atoms with E-state index in [0.29, 0.717) is 12.2 Å². The highest BCUT2D eigenvalue weighted by atomic mass is 16.2. The number of aromatic nitrogens is 2. The lowest BCUT2D eigenvalue weighted by atomic mass is 10.1. The maximum Gasteiger partial charge on any atom is 0.244 e. The van der Waals surface area contributed by atoms with Gasteiger partial charge in [-0.25, -0.2) is 0 Å². The molecule has 2 rings (SSSR count). The summed E-state index contributed by atoms with van der Waals surface area (Å²) in [5.41, 5.74) is 8.28. The van der Waals surface area contributed by atoms with Crippen molar-refractivity contribution in [3.8, 4) is 0 Å². The SMILES string of the molecule is Cc1nn(CC(=O)N2CCCCCCC2)c(C)c1N. The quantitative estimate of drug-likeness (QED) is 0.887. The predicted molar refractivity (Wildman–Crippen MR) is 75.8 cm³/mol. The number of nitrogen functional groups attached to an aromatic ring is 1. The van der Waals surface area contributed by atoms with Crippen molar-refractivity contribution in [3.05, 3.63) is 11.4 Å². The Morgan fingerprint density at radius 1 is 1.16 bits per heavy atom. The zero-order valence-electron chi connectivity index (χ0n) is 12.0. The van der Waals surface area contributed by atoms with Crippen molar-refractivity contribution in [2.45, 2.75) is 52.5 Å². The number of carbonyl (C=O) groups excluding carboxylic acids is 1. The number of anilines is 1. The summed E-state index contributed by atoms with van der Waals surface area (Å²) < 4.78 is 1.73. The van der Waals surface area contributed by atoms with Gasteiger partial charge in [-0.2, -0.15) is 5.10 Å². The molecular formula is C14H24N4O. The number of carbonyl (C=O) groups is 1. The minimum atomic E-state index is 0.160. The highest BCUT2D eigenvalue weighted by molar-refractivity contribution is 5.76. The van der Waals surface area contributed by atoms with E-state index in [1.54, 1.807) is 4.68 Å². The number of nitrogens with two attached hydrogens (primary N) is 1. The second-order valence-electron chi connectivity index (χ2n) is 5.39. The molecule has 2 heterocycles. The van der Waals surface area contributed by atoms with Gasteiger partial charge in [0.25, 0.3) is 0 Å². The molecule has 5 nitrogen and oxygen atoms in total. The molecule has 0 spiro atoms. The van der Waals surface area contributed by atoms with Gasteiger partial charge in [-0.3, -0.25) is 9.48 Å². The summed E-state index contributed by atoms with van der Waals surface area (Å²) in [6, 6.07) is 0. The van der Waals surface area contributed by atoms with E-state index < -0.39 is 0 Å². The number of hydrogen-bond donors (Lipinski definition) is 1. The number of nitrogens with zero attached hydrogens (tertiary/aromatic N) is 3. The molecule has 1 amide bonds. The molecule has 1 aromatic heterocycles. The van der Waals surface area contributed by atoms with Crippen molar-refractivity contribution in [2.24, 2.45) is 0 Å². The third-order valence-corrected chi connectivity index (χ3v) is 3.93. The molecule has 5 heteroatoms. The first-order valence-corrected chi connectivity index (χ1v) is 7.17. The molecule has 1 aromatic rings. The molecule has 0 aromatic carbocycles. The molecule has 1 fully saturated rings. The Kier molecular flexibility index (Phi) is 4.45. The molecular weight excluding hydrogens is 240 g/mol. The van der Waals surface area contributed by atoms with Crippen LogP contribution in [-0.4, -0.2) is 33.7 Å². The Hall–Kier alpha value is -1.52. The van der Waals surface area contributed by atoms with Crippen LogP contribution < -0.4 is 5.73 Å². The van der Waals surface area contributed by atoms with Gasteiger partial charge in [0.15, 0.2) is 0 Å². The standard InChI is InChI=1S/C14H24N4O/c1-11-14(15)12(2)18(16-11)10-13(19)17-8-6-4-3-5-7-9-17/h3-10,15H2,1-2H3. The van der Waals surface area contributed by atoms with E-state index in [-0.39, 0.29) is 5.91 Å². The van der Waals surface area contributed by atoms with Crippen LogP contribution in [0.4, 0.5) is 5.69 Å². The first-order chi connectivity index (χ1) is 9.09. The minimum Gasteiger partial charge on any atom is -0.396 e. The van der Waals surface area contributed by atoms with Crippen molar-refractivity contribution in [3.63, 3.8) is 0 Å². The van der Waals surface area contributed by atoms with Crippen LogP contribution in [0.15, 0.2) is 0 Å². The Morgan fingerprint density at radius 2 is 1.74 bits per heavy atom. The largest absolute Gasteiger partial charge is 0.396 e. The van der Waals surface area contributed by atoms with E-state index in [9.17, 15) is 4.79 Å². The summed E-state index contributed by atoms with van der Waals surface area (Å²) in [6.07, 6.45) is 6.00. The van der Waals surface area contributed by atoms with E-state index in [1.165, 1.54) is 19.3 Å². The molecule has 0 bridgehead atoms. The number of aryl methyl sites for hydroxylation is 1. The highest BCUT2D eigenvalue weighted by Crippen LogP contribution is 2.16. The third kappa shape index (κ3) is 3.28. The van der Waals surface area contributed by atoms with Crippen molar-refractivity contribution in [1.82, 2.24) is 14.7 Å². The molecule has 106 valence electrons. The average Bonchev–Trinajstić information content (AvgIpc) is 2.56. The summed E-state index contributed by atoms with van der Waals surface area (Å²) in [5.74, 6) is 0.160. The van der Waals surface area contributed by atoms with E-state index in [1.807, 2.05) is 18.7 Å². The van der Waals surface area contributed by atoms with Gasteiger partial charge in [-0.1, -0.05) is 19.3 Å². The molecule has 19 heavy (non-hydrogen) atoms. The van der Waals surface area contributed by atoms with Crippen LogP contribution in [0.25, 0.3) is 0 Å². The van der Waals surface area contributed by atoms with Crippen molar-refractivity contribution < 1.29 is 4.79 Å². The van der Waals surface area contributed by atoms with Gasteiger partial charge in [0.1, 0.15) is 6.54 Å². The maximum atomic E-state index is 12.3. The van der Waals surface area contributed by atoms with Gasteiger partial charge in [-0.05, 0) is 26.7 Å². The lowest BCUT2D eigenvalue weighted by molar-refractivity contribution is -0.132. The van der Waals surface area contributed by atoms with Crippen LogP contribution >= 0.6 is 0 Å². The van der Waals surface area contributed by atoms with Crippen molar-refractivity contribution in [2.75, 3.05) is 18.8 Å². The smallest absolute Gasteiger partial charge is 0.244 e. The second kappa shape index (κ2) is 6.08. The van der Waals surface area contributed by atoms with Gasteiger partial charge >= 0.3 is 0 Å². The summed E-state index contributed by atoms with van der Waals surface area (Å²) in [6.45, 7) is 5.86. The summed E-state index contributed by atoms with van der Waals surface area (Å²) in [4.78, 5) is 14.3. The van der Waals surface area contributed by atoms with Crippen molar-refractivity contribution >= 4 is 11.6 Å². The monoisotopic (exact) mass is 264 g/mol. The molecule has 0 saturated carbocycles. The van der Waals surface area contributed by atoms with E-state index in [2.05, 4.69) is 5.10 Å². The predicted octanol–water partition coefficient (Wildman–Crippen LogP) is 1.87. The van der Waals surface area contributed by atoms with Gasteiger partial charge in [0, 0.05) is 13.1 Å². The van der Waals surface area contributed by atoms with Gasteiger partial charge in [0.2, 0.25) is 5.91 Å². The number of amides is 1. The van der Waals surface area contributed by atoms with E-state index in [4.69, 9.17) is 5.73 Å². The van der Waals surface area contributed by atoms with Crippen LogP contribution in [0.2, 0.25) is 0 Å². The molecule has 1 aliphatic heterocycles. The Balaban J connectivity index is 2.00. The first kappa shape index (κ1) is 13.9. The fourth-order valence-corrected chi connectivity index (χ4v) is 2.59. The Morgan fingerprint density at radius 3 is 2.26 bits per heavy atom. The number of likely N-dealkylation sites (tertiary alicyclic amines) is 1. The van der Waals surface area contributed by atoms with Crippen LogP contribution in [0.5, 0.6) is 0 Å². The molecule has 0 atom stereocenters. The summed E-state index contributed by atoms with van der Waals surface area (Å²) in [5, 5.41) is 4.33. The lowest BCUT2D eigenvalue weighted by Crippen LogP contribution is -2.36. The molecule has 0 aliphatic carbocycles. The molecule has 1 saturated heterocycles. The van der Waals surface area contributed by atoms with Gasteiger partial charge in [0.05, 0.1) is 17.1 Å². The fourth-order valence-electron chi connectivity index (χ4n) is 2.59. The maximum absolute atomic E-state index is 12.3. The van der Waals surface area contributed by atoms with Crippen LogP contribution in [-0.2, 0) is 11.3 Å². The average molecular weight is 264 g/mol. The highest BCUT2D eigenvalue weighted by Gasteiger charge is 2.17. The Labute approximate surface area is 114 Å². The zero-order valence-corrected chi connectivity index (χ0v) is 12.0. The molecule has 0 radical (unpaired) electrons. The fraction of sp³-hybridized carbons (Fsp3) is 0.714. The van der Waals surface area contributed by atoms with E-state index in [0.717, 1.165) is 37.3 Å². The molecule has 0 unspecified atom stereocenters. The second-order valence-corrected chi connectivity index (χ2v) is 5.39. The van der Waals surface area contributed by atoms with E-state index >= 15 is 0 Å². The molecule has 2 N–H and O–H groups in total. The van der Waals surface area contributed by atoms with Crippen LogP contribution in [0.1, 0.15) is 43.5 Å². The third-order valence-electron chi connectivity index (χ3n) is 3.93. The van der Waals surface area contributed by atoms with Crippen molar-refractivity contribution in [1.29, 1.82) is 0 Å². The van der Waals surface area contributed by atoms with Gasteiger partial charge in [-0.15, -0.1) is 0 Å². The van der Waals surface area contributed by atoms with Crippen LogP contribution in [0, 0.1) is 13.8 Å². The van der Waals surface area contributed by atoms with Gasteiger partial charge < -0.3 is 10.6 Å². The summed E-state index contributed by atoms with van der Waals surface area (Å²) in [7, 11) is 0. The number of rotatable bonds is 2. The minimum absolute atomic E-state index is 0.160. The van der Waals surface area contributed by atoms with Crippen LogP contribution in [0.3, 0.4) is 0 Å². The molecule has 1 aliphatic rings. The number of hydrogen-bond acceptors (Lipinski definition) is 3.